The molecule has 1 aromatic rings. The topological polar surface area (TPSA) is 41.6 Å². The van der Waals surface area contributed by atoms with Crippen molar-refractivity contribution in [1.29, 1.82) is 0 Å². The minimum Gasteiger partial charge on any atom is -0.497 e. The minimum absolute atomic E-state index is 0.193. The van der Waals surface area contributed by atoms with Gasteiger partial charge < -0.3 is 10.1 Å². The van der Waals surface area contributed by atoms with Gasteiger partial charge in [0, 0.05) is 19.0 Å². The quantitative estimate of drug-likeness (QED) is 0.875. The number of nitrogens with one attached hydrogen (secondary N) is 1. The highest BCUT2D eigenvalue weighted by Crippen LogP contribution is 2.20. The number of carbonyl (C=O) groups is 1. The molecule has 1 N–H and O–H groups in total. The molecule has 1 amide bonds. The zero-order valence-corrected chi connectivity index (χ0v) is 13.1. The fourth-order valence-electron chi connectivity index (χ4n) is 2.77. The lowest BCUT2D eigenvalue weighted by Gasteiger charge is -2.31. The molecule has 4 heteroatoms. The normalized spacial score (nSPS) is 16.7. The molecule has 1 aliphatic heterocycles. The monoisotopic (exact) mass is 290 g/mol. The van der Waals surface area contributed by atoms with Crippen molar-refractivity contribution in [3.63, 3.8) is 0 Å². The van der Waals surface area contributed by atoms with Crippen LogP contribution in [0.15, 0.2) is 24.3 Å². The number of benzene rings is 1. The molecule has 0 aliphatic carbocycles. The molecular weight excluding hydrogens is 264 g/mol. The number of rotatable bonds is 6. The second kappa shape index (κ2) is 8.03. The molecular formula is C17H26N2O2. The molecule has 1 fully saturated rings. The van der Waals surface area contributed by atoms with Gasteiger partial charge in [0.2, 0.25) is 5.91 Å². The summed E-state index contributed by atoms with van der Waals surface area (Å²) < 4.78 is 5.26. The second-order valence-electron chi connectivity index (χ2n) is 5.69. The van der Waals surface area contributed by atoms with Crippen LogP contribution in [-0.2, 0) is 11.3 Å². The highest BCUT2D eigenvalue weighted by molar-refractivity contribution is 5.78. The molecule has 0 atom stereocenters. The SMILES string of the molecule is CCCNC(=O)C1CCN(Cc2cccc(OC)c2)CC1. The number of hydrogen-bond acceptors (Lipinski definition) is 3. The van der Waals surface area contributed by atoms with Gasteiger partial charge in [0.25, 0.3) is 0 Å². The number of nitrogens with zero attached hydrogens (tertiary/aromatic N) is 1. The van der Waals surface area contributed by atoms with Crippen LogP contribution in [0, 0.1) is 5.92 Å². The lowest BCUT2D eigenvalue weighted by Crippen LogP contribution is -2.40. The van der Waals surface area contributed by atoms with Crippen LogP contribution in [0.1, 0.15) is 31.7 Å². The molecule has 21 heavy (non-hydrogen) atoms. The fourth-order valence-corrected chi connectivity index (χ4v) is 2.77. The number of ether oxygens (including phenoxy) is 1. The number of methoxy groups -OCH3 is 1. The summed E-state index contributed by atoms with van der Waals surface area (Å²) in [5.74, 6) is 1.33. The molecule has 1 aliphatic rings. The third-order valence-electron chi connectivity index (χ3n) is 4.05. The summed E-state index contributed by atoms with van der Waals surface area (Å²) in [5.41, 5.74) is 1.27. The molecule has 1 saturated heterocycles. The van der Waals surface area contributed by atoms with E-state index >= 15 is 0 Å². The van der Waals surface area contributed by atoms with Gasteiger partial charge in [-0.2, -0.15) is 0 Å². The maximum atomic E-state index is 12.0. The van der Waals surface area contributed by atoms with Crippen LogP contribution in [0.3, 0.4) is 0 Å². The Balaban J connectivity index is 1.79. The van der Waals surface area contributed by atoms with Crippen molar-refractivity contribution in [3.8, 4) is 5.75 Å². The van der Waals surface area contributed by atoms with Crippen LogP contribution in [0.5, 0.6) is 5.75 Å². The fraction of sp³-hybridized carbons (Fsp3) is 0.588. The Kier molecular flexibility index (Phi) is 6.05. The highest BCUT2D eigenvalue weighted by atomic mass is 16.5. The Morgan fingerprint density at radius 3 is 2.81 bits per heavy atom. The van der Waals surface area contributed by atoms with Crippen molar-refractivity contribution in [2.24, 2.45) is 5.92 Å². The van der Waals surface area contributed by atoms with Gasteiger partial charge in [-0.05, 0) is 50.0 Å². The molecule has 0 unspecified atom stereocenters. The van der Waals surface area contributed by atoms with Crippen LogP contribution >= 0.6 is 0 Å². The van der Waals surface area contributed by atoms with Gasteiger partial charge in [-0.15, -0.1) is 0 Å². The van der Waals surface area contributed by atoms with E-state index in [9.17, 15) is 4.79 Å². The summed E-state index contributed by atoms with van der Waals surface area (Å²) in [4.78, 5) is 14.4. The molecule has 4 nitrogen and oxygen atoms in total. The Labute approximate surface area is 127 Å². The Morgan fingerprint density at radius 1 is 1.38 bits per heavy atom. The molecule has 116 valence electrons. The van der Waals surface area contributed by atoms with Crippen molar-refractivity contribution in [2.45, 2.75) is 32.7 Å². The molecule has 0 aromatic heterocycles. The first-order chi connectivity index (χ1) is 10.2. The van der Waals surface area contributed by atoms with Crippen LogP contribution in [0.4, 0.5) is 0 Å². The van der Waals surface area contributed by atoms with E-state index in [0.717, 1.165) is 51.2 Å². The molecule has 0 spiro atoms. The van der Waals surface area contributed by atoms with E-state index in [-0.39, 0.29) is 11.8 Å². The zero-order chi connectivity index (χ0) is 15.1. The Hall–Kier alpha value is -1.55. The van der Waals surface area contributed by atoms with Gasteiger partial charge in [-0.25, -0.2) is 0 Å². The number of hydrogen-bond donors (Lipinski definition) is 1. The highest BCUT2D eigenvalue weighted by Gasteiger charge is 2.24. The first kappa shape index (κ1) is 15.8. The van der Waals surface area contributed by atoms with Crippen molar-refractivity contribution >= 4 is 5.91 Å². The predicted octanol–water partition coefficient (Wildman–Crippen LogP) is 2.43. The van der Waals surface area contributed by atoms with E-state index in [1.54, 1.807) is 7.11 Å². The van der Waals surface area contributed by atoms with Gasteiger partial charge in [0.05, 0.1) is 7.11 Å². The van der Waals surface area contributed by atoms with E-state index in [0.29, 0.717) is 0 Å². The maximum Gasteiger partial charge on any atom is 0.223 e. The minimum atomic E-state index is 0.193. The molecule has 0 radical (unpaired) electrons. The average Bonchev–Trinajstić information content (AvgIpc) is 2.53. The van der Waals surface area contributed by atoms with Crippen LogP contribution in [0.25, 0.3) is 0 Å². The average molecular weight is 290 g/mol. The van der Waals surface area contributed by atoms with Gasteiger partial charge in [0.15, 0.2) is 0 Å². The number of piperidine rings is 1. The summed E-state index contributed by atoms with van der Waals surface area (Å²) in [6.07, 6.45) is 2.92. The van der Waals surface area contributed by atoms with Gasteiger partial charge in [0.1, 0.15) is 5.75 Å². The van der Waals surface area contributed by atoms with Gasteiger partial charge in [-0.1, -0.05) is 19.1 Å². The summed E-state index contributed by atoms with van der Waals surface area (Å²) >= 11 is 0. The Morgan fingerprint density at radius 2 is 2.14 bits per heavy atom. The van der Waals surface area contributed by atoms with Crippen molar-refractivity contribution in [3.05, 3.63) is 29.8 Å². The maximum absolute atomic E-state index is 12.0. The Bertz CT molecular complexity index is 454. The first-order valence-corrected chi connectivity index (χ1v) is 7.86. The summed E-state index contributed by atoms with van der Waals surface area (Å²) in [6, 6.07) is 8.20. The number of amides is 1. The summed E-state index contributed by atoms with van der Waals surface area (Å²) in [6.45, 7) is 5.78. The van der Waals surface area contributed by atoms with E-state index in [2.05, 4.69) is 29.3 Å². The second-order valence-corrected chi connectivity index (χ2v) is 5.69. The summed E-state index contributed by atoms with van der Waals surface area (Å²) in [7, 11) is 1.69. The van der Waals surface area contributed by atoms with Crippen molar-refractivity contribution in [1.82, 2.24) is 10.2 Å². The molecule has 1 aromatic carbocycles. The lowest BCUT2D eigenvalue weighted by molar-refractivity contribution is -0.126. The van der Waals surface area contributed by atoms with E-state index in [1.807, 2.05) is 12.1 Å². The predicted molar refractivity (Wildman–Crippen MR) is 84.3 cm³/mol. The molecule has 1 heterocycles. The van der Waals surface area contributed by atoms with E-state index in [4.69, 9.17) is 4.74 Å². The number of likely N-dealkylation sites (tertiary alicyclic amines) is 1. The van der Waals surface area contributed by atoms with Crippen molar-refractivity contribution in [2.75, 3.05) is 26.7 Å². The third kappa shape index (κ3) is 4.74. The van der Waals surface area contributed by atoms with Crippen LogP contribution in [-0.4, -0.2) is 37.6 Å². The number of carbonyl (C=O) groups excluding carboxylic acids is 1. The van der Waals surface area contributed by atoms with E-state index < -0.39 is 0 Å². The van der Waals surface area contributed by atoms with Crippen LogP contribution in [0.2, 0.25) is 0 Å². The molecule has 0 bridgehead atoms. The first-order valence-electron chi connectivity index (χ1n) is 7.86. The van der Waals surface area contributed by atoms with Gasteiger partial charge >= 0.3 is 0 Å². The largest absolute Gasteiger partial charge is 0.497 e. The molecule has 2 rings (SSSR count). The standard InChI is InChI=1S/C17H26N2O2/c1-3-9-18-17(20)15-7-10-19(11-8-15)13-14-5-4-6-16(12-14)21-2/h4-6,12,15H,3,7-11,13H2,1-2H3,(H,18,20). The molecule has 0 saturated carbocycles. The van der Waals surface area contributed by atoms with Crippen molar-refractivity contribution < 1.29 is 9.53 Å². The van der Waals surface area contributed by atoms with E-state index in [1.165, 1.54) is 5.56 Å². The lowest BCUT2D eigenvalue weighted by atomic mass is 9.95. The zero-order valence-electron chi connectivity index (χ0n) is 13.1. The van der Waals surface area contributed by atoms with Gasteiger partial charge in [-0.3, -0.25) is 9.69 Å². The third-order valence-corrected chi connectivity index (χ3v) is 4.05. The summed E-state index contributed by atoms with van der Waals surface area (Å²) in [5, 5.41) is 3.01. The van der Waals surface area contributed by atoms with Crippen LogP contribution < -0.4 is 10.1 Å². The smallest absolute Gasteiger partial charge is 0.223 e.